The van der Waals surface area contributed by atoms with E-state index < -0.39 is 0 Å². The molecular formula is C7H3ClN2OS2. The molecule has 0 unspecified atom stereocenters. The molecule has 0 N–H and O–H groups in total. The highest BCUT2D eigenvalue weighted by Gasteiger charge is 2.09. The second-order valence-electron chi connectivity index (χ2n) is 2.21. The third-order valence-electron chi connectivity index (χ3n) is 1.41. The molecule has 2 aromatic heterocycles. The Kier molecular flexibility index (Phi) is 2.39. The molecule has 0 amide bonds. The fourth-order valence-electron chi connectivity index (χ4n) is 0.848. The van der Waals surface area contributed by atoms with Crippen molar-refractivity contribution in [2.24, 2.45) is 0 Å². The van der Waals surface area contributed by atoms with Crippen molar-refractivity contribution in [1.82, 2.24) is 8.75 Å². The van der Waals surface area contributed by atoms with Gasteiger partial charge in [0.25, 0.3) is 0 Å². The maximum atomic E-state index is 11.4. The number of thiophene rings is 1. The second kappa shape index (κ2) is 3.53. The van der Waals surface area contributed by atoms with Gasteiger partial charge in [-0.25, -0.2) is 0 Å². The lowest BCUT2D eigenvalue weighted by atomic mass is 10.3. The van der Waals surface area contributed by atoms with Gasteiger partial charge in [0.05, 0.1) is 16.6 Å². The Morgan fingerprint density at radius 3 is 2.92 bits per heavy atom. The van der Waals surface area contributed by atoms with Gasteiger partial charge in [0.15, 0.2) is 5.15 Å². The Balaban J connectivity index is 2.66. The Morgan fingerprint density at radius 1 is 1.38 bits per heavy atom. The van der Waals surface area contributed by atoms with Gasteiger partial charge in [0.1, 0.15) is 5.69 Å². The Bertz CT molecular complexity index is 466. The van der Waals surface area contributed by atoms with Crippen LogP contribution in [0.15, 0.2) is 22.3 Å². The predicted molar refractivity (Wildman–Crippen MR) is 54.5 cm³/mol. The van der Waals surface area contributed by atoms with E-state index in [0.29, 0.717) is 5.69 Å². The second-order valence-corrected chi connectivity index (χ2v) is 4.04. The van der Waals surface area contributed by atoms with Crippen molar-refractivity contribution in [3.8, 4) is 10.6 Å². The summed E-state index contributed by atoms with van der Waals surface area (Å²) in [5.41, 5.74) is 0.0860. The molecule has 0 aliphatic rings. The Morgan fingerprint density at radius 2 is 2.23 bits per heavy atom. The third-order valence-corrected chi connectivity index (χ3v) is 3.17. The maximum Gasteiger partial charge on any atom is 0.244 e. The molecule has 0 atom stereocenters. The largest absolute Gasteiger partial charge is 0.284 e. The van der Waals surface area contributed by atoms with E-state index in [9.17, 15) is 4.79 Å². The van der Waals surface area contributed by atoms with E-state index in [1.165, 1.54) is 11.3 Å². The van der Waals surface area contributed by atoms with Crippen LogP contribution in [0.25, 0.3) is 10.6 Å². The molecule has 0 saturated heterocycles. The fourth-order valence-corrected chi connectivity index (χ4v) is 2.26. The van der Waals surface area contributed by atoms with E-state index in [4.69, 9.17) is 11.6 Å². The minimum absolute atomic E-state index is 0.0107. The molecule has 6 heteroatoms. The summed E-state index contributed by atoms with van der Waals surface area (Å²) in [6.07, 6.45) is 0. The van der Waals surface area contributed by atoms with E-state index in [1.54, 1.807) is 0 Å². The number of halogens is 1. The van der Waals surface area contributed by atoms with Crippen LogP contribution in [0.3, 0.4) is 0 Å². The van der Waals surface area contributed by atoms with E-state index in [0.717, 1.165) is 16.6 Å². The molecule has 3 nitrogen and oxygen atoms in total. The van der Waals surface area contributed by atoms with Gasteiger partial charge in [0.2, 0.25) is 5.43 Å². The molecule has 0 bridgehead atoms. The van der Waals surface area contributed by atoms with Crippen molar-refractivity contribution in [2.75, 3.05) is 0 Å². The highest BCUT2D eigenvalue weighted by molar-refractivity contribution is 7.13. The Labute approximate surface area is 87.0 Å². The summed E-state index contributed by atoms with van der Waals surface area (Å²) in [5.74, 6) is 0. The molecule has 66 valence electrons. The van der Waals surface area contributed by atoms with E-state index >= 15 is 0 Å². The monoisotopic (exact) mass is 230 g/mol. The van der Waals surface area contributed by atoms with Gasteiger partial charge in [-0.1, -0.05) is 17.7 Å². The van der Waals surface area contributed by atoms with E-state index in [-0.39, 0.29) is 10.6 Å². The van der Waals surface area contributed by atoms with Crippen molar-refractivity contribution in [1.29, 1.82) is 0 Å². The van der Waals surface area contributed by atoms with Crippen LogP contribution in [0, 0.1) is 0 Å². The number of hydrogen-bond acceptors (Lipinski definition) is 5. The van der Waals surface area contributed by atoms with Crippen molar-refractivity contribution in [2.45, 2.75) is 0 Å². The molecule has 0 aliphatic carbocycles. The zero-order valence-corrected chi connectivity index (χ0v) is 8.62. The molecule has 13 heavy (non-hydrogen) atoms. The maximum absolute atomic E-state index is 11.4. The average molecular weight is 231 g/mol. The first-order valence-corrected chi connectivity index (χ1v) is 5.34. The van der Waals surface area contributed by atoms with Crippen LogP contribution in [-0.4, -0.2) is 8.75 Å². The van der Waals surface area contributed by atoms with Crippen LogP contribution in [0.5, 0.6) is 0 Å². The van der Waals surface area contributed by atoms with Crippen LogP contribution < -0.4 is 5.43 Å². The molecule has 0 saturated carbocycles. The number of rotatable bonds is 1. The number of nitrogens with zero attached hydrogens (tertiary/aromatic N) is 2. The molecule has 0 spiro atoms. The molecule has 2 heterocycles. The summed E-state index contributed by atoms with van der Waals surface area (Å²) >= 11 is 7.98. The zero-order chi connectivity index (χ0) is 9.26. The summed E-state index contributed by atoms with van der Waals surface area (Å²) in [6.45, 7) is 0. The van der Waals surface area contributed by atoms with Crippen molar-refractivity contribution < 1.29 is 0 Å². The van der Waals surface area contributed by atoms with Gasteiger partial charge in [-0.05, 0) is 11.4 Å². The normalized spacial score (nSPS) is 10.2. The minimum atomic E-state index is -0.303. The van der Waals surface area contributed by atoms with Gasteiger partial charge in [0, 0.05) is 0 Å². The van der Waals surface area contributed by atoms with Crippen LogP contribution >= 0.6 is 34.7 Å². The molecule has 0 aliphatic heterocycles. The standard InChI is InChI=1S/C7H3ClN2OS2/c8-7-6(11)5(9-13-10-7)4-2-1-3-12-4/h1-3H. The van der Waals surface area contributed by atoms with Crippen molar-refractivity contribution in [3.63, 3.8) is 0 Å². The molecule has 2 rings (SSSR count). The number of aromatic nitrogens is 2. The van der Waals surface area contributed by atoms with E-state index in [2.05, 4.69) is 8.75 Å². The van der Waals surface area contributed by atoms with Gasteiger partial charge in [-0.2, -0.15) is 8.75 Å². The lowest BCUT2D eigenvalue weighted by Gasteiger charge is -1.92. The first-order chi connectivity index (χ1) is 6.29. The molecule has 0 aromatic carbocycles. The smallest absolute Gasteiger partial charge is 0.244 e. The zero-order valence-electron chi connectivity index (χ0n) is 6.23. The minimum Gasteiger partial charge on any atom is -0.284 e. The van der Waals surface area contributed by atoms with Gasteiger partial charge in [-0.3, -0.25) is 4.79 Å². The average Bonchev–Trinajstić information content (AvgIpc) is 2.62. The van der Waals surface area contributed by atoms with Crippen LogP contribution in [0.2, 0.25) is 5.15 Å². The molecule has 0 radical (unpaired) electrons. The fraction of sp³-hybridized carbons (Fsp3) is 0. The first-order valence-electron chi connectivity index (χ1n) is 3.35. The van der Waals surface area contributed by atoms with Gasteiger partial charge in [-0.15, -0.1) is 11.3 Å². The summed E-state index contributed by atoms with van der Waals surface area (Å²) in [7, 11) is 0. The van der Waals surface area contributed by atoms with E-state index in [1.807, 2.05) is 17.5 Å². The highest BCUT2D eigenvalue weighted by Crippen LogP contribution is 2.20. The SMILES string of the molecule is O=c1c(Cl)nsnc1-c1cccs1. The topological polar surface area (TPSA) is 42.9 Å². The predicted octanol–water partition coefficient (Wildman–Crippen LogP) is 2.28. The van der Waals surface area contributed by atoms with Gasteiger partial charge >= 0.3 is 0 Å². The third kappa shape index (κ3) is 1.63. The summed E-state index contributed by atoms with van der Waals surface area (Å²) in [5, 5.41) is 1.87. The van der Waals surface area contributed by atoms with Crippen LogP contribution in [0.4, 0.5) is 0 Å². The lowest BCUT2D eigenvalue weighted by molar-refractivity contribution is 1.36. The van der Waals surface area contributed by atoms with Crippen molar-refractivity contribution in [3.05, 3.63) is 32.9 Å². The van der Waals surface area contributed by atoms with Crippen LogP contribution in [0.1, 0.15) is 0 Å². The summed E-state index contributed by atoms with van der Waals surface area (Å²) < 4.78 is 7.56. The highest BCUT2D eigenvalue weighted by atomic mass is 35.5. The quantitative estimate of drug-likeness (QED) is 0.755. The van der Waals surface area contributed by atoms with Crippen LogP contribution in [-0.2, 0) is 0 Å². The summed E-state index contributed by atoms with van der Waals surface area (Å²) in [4.78, 5) is 12.2. The van der Waals surface area contributed by atoms with Gasteiger partial charge < -0.3 is 0 Å². The lowest BCUT2D eigenvalue weighted by Crippen LogP contribution is -2.06. The molecule has 2 aromatic rings. The Hall–Kier alpha value is -0.780. The molecular weight excluding hydrogens is 228 g/mol. The molecule has 0 fully saturated rings. The van der Waals surface area contributed by atoms with Crippen molar-refractivity contribution >= 4 is 34.7 Å². The first kappa shape index (κ1) is 8.80. The number of hydrogen-bond donors (Lipinski definition) is 0. The summed E-state index contributed by atoms with van der Waals surface area (Å²) in [6, 6.07) is 3.69.